The third kappa shape index (κ3) is 16.0. The van der Waals surface area contributed by atoms with Crippen molar-refractivity contribution in [2.45, 2.75) is 45.3 Å². The molecule has 23 nitrogen and oxygen atoms in total. The standard InChI is InChI=1S/C46H56O23S4/c47-70(48,49)39-23-31-19-32-24-40(71(50,51)52)26-34-21-36-28-42(73(56,57)58)30-38-22-37-29-41(72(53,54)55)27-35(45(37)68-17-13-64-9-5-61-6-10-65-14-18-69-46(36)38)20-33(25-39)43(31)66-15-11-62-7-3-59-1-2-60-4-8-63-12-16-67-44(32)34/h23-30H,1-22H2,(H,47,48,49)(H,50,51,52)(H,53,54,55)(H,56,57,58). The number of ether oxygens (including phenoxy) is 11. The molecule has 402 valence electrons. The van der Waals surface area contributed by atoms with Gasteiger partial charge in [0.1, 0.15) is 49.4 Å². The molecular formula is C46H56O23S4. The van der Waals surface area contributed by atoms with Crippen molar-refractivity contribution in [1.82, 2.24) is 0 Å². The summed E-state index contributed by atoms with van der Waals surface area (Å²) in [6, 6.07) is 8.65. The maximum atomic E-state index is 13.2. The third-order valence-electron chi connectivity index (χ3n) is 11.3. The van der Waals surface area contributed by atoms with E-state index >= 15 is 0 Å². The maximum absolute atomic E-state index is 13.2. The molecule has 4 aromatic rings. The molecule has 7 rings (SSSR count). The predicted octanol–water partition coefficient (Wildman–Crippen LogP) is 3.01. The Morgan fingerprint density at radius 1 is 0.247 bits per heavy atom. The normalized spacial score (nSPS) is 18.2. The second-order valence-electron chi connectivity index (χ2n) is 16.6. The average molecular weight is 1110 g/mol. The highest BCUT2D eigenvalue weighted by Gasteiger charge is 2.29. The minimum atomic E-state index is -5.07. The van der Waals surface area contributed by atoms with Gasteiger partial charge in [0.05, 0.1) is 112 Å². The third-order valence-corrected chi connectivity index (χ3v) is 14.7. The van der Waals surface area contributed by atoms with E-state index in [9.17, 15) is 51.9 Å². The van der Waals surface area contributed by atoms with Crippen LogP contribution < -0.4 is 18.9 Å². The van der Waals surface area contributed by atoms with Gasteiger partial charge in [-0.15, -0.1) is 0 Å². The molecule has 12 bridgehead atoms. The summed E-state index contributed by atoms with van der Waals surface area (Å²) < 4.78 is 213. The SMILES string of the molecule is O=S(=O)(O)c1cc2c3c(c1)Cc1cc(S(=O)(=O)O)cc4c1OCCOCCOCCOCCOc1c(cc(S(=O)(=O)O)cc1C4)Cc1cc(S(=O)(=O)O)cc(c1OCCOCCOCCOCCOCCO3)C2. The molecule has 0 radical (unpaired) electrons. The van der Waals surface area contributed by atoms with Gasteiger partial charge < -0.3 is 52.1 Å². The Kier molecular flexibility index (Phi) is 19.5. The van der Waals surface area contributed by atoms with E-state index in [2.05, 4.69) is 0 Å². The van der Waals surface area contributed by atoms with Crippen LogP contribution in [0.25, 0.3) is 0 Å². The Morgan fingerprint density at radius 3 is 0.521 bits per heavy atom. The highest BCUT2D eigenvalue weighted by molar-refractivity contribution is 7.86. The minimum Gasteiger partial charge on any atom is -0.491 e. The fourth-order valence-electron chi connectivity index (χ4n) is 8.21. The molecule has 3 aliphatic rings. The van der Waals surface area contributed by atoms with Gasteiger partial charge in [-0.05, 0) is 48.5 Å². The van der Waals surface area contributed by atoms with Crippen LogP contribution in [0.3, 0.4) is 0 Å². The molecule has 0 fully saturated rings. The summed E-state index contributed by atoms with van der Waals surface area (Å²) in [5.41, 5.74) is -0.0380. The average Bonchev–Trinajstić information content (AvgIpc) is 3.30. The van der Waals surface area contributed by atoms with Crippen molar-refractivity contribution >= 4 is 40.5 Å². The Labute approximate surface area is 422 Å². The van der Waals surface area contributed by atoms with Gasteiger partial charge in [0.25, 0.3) is 40.5 Å². The quantitative estimate of drug-likeness (QED) is 0.188. The molecule has 0 atom stereocenters. The van der Waals surface area contributed by atoms with Gasteiger partial charge in [-0.3, -0.25) is 18.2 Å². The second kappa shape index (κ2) is 25.3. The lowest BCUT2D eigenvalue weighted by Crippen LogP contribution is -2.17. The van der Waals surface area contributed by atoms with Gasteiger partial charge >= 0.3 is 0 Å². The largest absolute Gasteiger partial charge is 0.491 e. The number of rotatable bonds is 4. The van der Waals surface area contributed by atoms with Crippen LogP contribution in [-0.4, -0.2) is 171 Å². The van der Waals surface area contributed by atoms with E-state index in [4.69, 9.17) is 52.1 Å². The molecule has 27 heteroatoms. The predicted molar refractivity (Wildman–Crippen MR) is 254 cm³/mol. The van der Waals surface area contributed by atoms with Crippen LogP contribution in [0.1, 0.15) is 44.5 Å². The van der Waals surface area contributed by atoms with Gasteiger partial charge in [0.2, 0.25) is 0 Å². The molecule has 2 heterocycles. The van der Waals surface area contributed by atoms with E-state index in [1.54, 1.807) is 0 Å². The van der Waals surface area contributed by atoms with Gasteiger partial charge in [0, 0.05) is 70.2 Å². The summed E-state index contributed by atoms with van der Waals surface area (Å²) >= 11 is 0. The maximum Gasteiger partial charge on any atom is 0.294 e. The van der Waals surface area contributed by atoms with E-state index in [-0.39, 0.29) is 186 Å². The molecule has 0 unspecified atom stereocenters. The Morgan fingerprint density at radius 2 is 0.384 bits per heavy atom. The summed E-state index contributed by atoms with van der Waals surface area (Å²) in [6.45, 7) is 0.938. The molecule has 2 aliphatic heterocycles. The minimum absolute atomic E-state index is 0.000472. The summed E-state index contributed by atoms with van der Waals surface area (Å²) in [6.07, 6.45) is -1.83. The molecule has 4 N–H and O–H groups in total. The summed E-state index contributed by atoms with van der Waals surface area (Å²) in [5, 5.41) is 0. The Hall–Kier alpha value is -4.56. The lowest BCUT2D eigenvalue weighted by Gasteiger charge is -2.24. The molecule has 4 aromatic carbocycles. The first kappa shape index (κ1) is 56.2. The second-order valence-corrected chi connectivity index (χ2v) is 22.3. The molecule has 0 saturated carbocycles. The van der Waals surface area contributed by atoms with Crippen molar-refractivity contribution in [3.8, 4) is 23.0 Å². The summed E-state index contributed by atoms with van der Waals surface area (Å²) in [4.78, 5) is -2.64. The van der Waals surface area contributed by atoms with Crippen LogP contribution >= 0.6 is 0 Å². The Balaban J connectivity index is 1.57. The van der Waals surface area contributed by atoms with Crippen LogP contribution in [0.5, 0.6) is 23.0 Å². The van der Waals surface area contributed by atoms with E-state index in [0.29, 0.717) is 0 Å². The zero-order valence-electron chi connectivity index (χ0n) is 39.4. The smallest absolute Gasteiger partial charge is 0.294 e. The zero-order valence-corrected chi connectivity index (χ0v) is 42.6. The van der Waals surface area contributed by atoms with Crippen molar-refractivity contribution < 1.29 is 104 Å². The van der Waals surface area contributed by atoms with Crippen molar-refractivity contribution in [3.05, 3.63) is 93.0 Å². The molecule has 0 spiro atoms. The van der Waals surface area contributed by atoms with Crippen LogP contribution in [0, 0.1) is 0 Å². The lowest BCUT2D eigenvalue weighted by atomic mass is 9.91. The van der Waals surface area contributed by atoms with E-state index in [0.717, 1.165) is 48.5 Å². The van der Waals surface area contributed by atoms with Crippen LogP contribution in [0.4, 0.5) is 0 Å². The van der Waals surface area contributed by atoms with Gasteiger partial charge in [-0.25, -0.2) is 0 Å². The Bertz CT molecular complexity index is 2830. The summed E-state index contributed by atoms with van der Waals surface area (Å²) in [7, 11) is -20.3. The molecule has 0 saturated heterocycles. The number of hydrogen-bond donors (Lipinski definition) is 4. The fraction of sp³-hybridized carbons (Fsp3) is 0.478. The van der Waals surface area contributed by atoms with E-state index in [1.807, 2.05) is 0 Å². The van der Waals surface area contributed by atoms with Crippen molar-refractivity contribution in [1.29, 1.82) is 0 Å². The first-order valence-electron chi connectivity index (χ1n) is 22.8. The molecular weight excluding hydrogens is 1050 g/mol. The number of hydrogen-bond acceptors (Lipinski definition) is 19. The highest BCUT2D eigenvalue weighted by atomic mass is 32.2. The van der Waals surface area contributed by atoms with Crippen molar-refractivity contribution in [3.63, 3.8) is 0 Å². The lowest BCUT2D eigenvalue weighted by molar-refractivity contribution is -0.00701. The van der Waals surface area contributed by atoms with Gasteiger partial charge in [0.15, 0.2) is 0 Å². The first-order valence-corrected chi connectivity index (χ1v) is 28.6. The molecule has 1 aliphatic carbocycles. The monoisotopic (exact) mass is 1100 g/mol. The zero-order chi connectivity index (χ0) is 52.2. The first-order chi connectivity index (χ1) is 34.8. The van der Waals surface area contributed by atoms with Crippen LogP contribution in [-0.2, 0) is 99.3 Å². The fourth-order valence-corrected chi connectivity index (χ4v) is 10.5. The van der Waals surface area contributed by atoms with Gasteiger partial charge in [-0.1, -0.05) is 0 Å². The van der Waals surface area contributed by atoms with E-state index < -0.39 is 85.7 Å². The molecule has 73 heavy (non-hydrogen) atoms. The van der Waals surface area contributed by atoms with Crippen molar-refractivity contribution in [2.75, 3.05) is 119 Å². The van der Waals surface area contributed by atoms with Crippen LogP contribution in [0.15, 0.2) is 68.1 Å². The van der Waals surface area contributed by atoms with E-state index in [1.165, 1.54) is 0 Å². The number of benzene rings is 4. The van der Waals surface area contributed by atoms with Crippen LogP contribution in [0.2, 0.25) is 0 Å². The highest BCUT2D eigenvalue weighted by Crippen LogP contribution is 2.42. The molecule has 0 amide bonds. The topological polar surface area (TPSA) is 319 Å². The van der Waals surface area contributed by atoms with Crippen molar-refractivity contribution in [2.24, 2.45) is 0 Å². The van der Waals surface area contributed by atoms with Gasteiger partial charge in [-0.2, -0.15) is 33.7 Å². The summed E-state index contributed by atoms with van der Waals surface area (Å²) in [5.74, 6) is -0.134. The molecule has 0 aromatic heterocycles.